The van der Waals surface area contributed by atoms with E-state index in [2.05, 4.69) is 10.3 Å². The molecule has 0 saturated heterocycles. The number of aromatic nitrogens is 2. The lowest BCUT2D eigenvalue weighted by atomic mass is 9.78. The van der Waals surface area contributed by atoms with Gasteiger partial charge in [-0.2, -0.15) is 0 Å². The topological polar surface area (TPSA) is 210 Å². The van der Waals surface area contributed by atoms with E-state index in [-0.39, 0.29) is 49.9 Å². The number of methoxy groups -OCH3 is 1. The van der Waals surface area contributed by atoms with E-state index in [1.54, 1.807) is 52.8 Å². The molecule has 3 aromatic carbocycles. The maximum atomic E-state index is 14.6. The number of aliphatic hydroxyl groups excluding tert-OH is 2. The summed E-state index contributed by atoms with van der Waals surface area (Å²) >= 11 is 0. The van der Waals surface area contributed by atoms with Crippen molar-refractivity contribution in [3.8, 4) is 28.6 Å². The third-order valence-electron chi connectivity index (χ3n) is 11.5. The summed E-state index contributed by atoms with van der Waals surface area (Å²) in [4.78, 5) is 48.7. The van der Waals surface area contributed by atoms with Gasteiger partial charge in [0.1, 0.15) is 34.6 Å². The van der Waals surface area contributed by atoms with E-state index < -0.39 is 83.0 Å². The first kappa shape index (κ1) is 41.9. The number of ketones is 1. The molecule has 0 saturated carbocycles. The third kappa shape index (κ3) is 7.43. The molecule has 14 heteroatoms. The number of Topliss-reactive ketones (excluding diaryl/α,β-unsaturated/α-hetero) is 1. The van der Waals surface area contributed by atoms with E-state index in [0.717, 1.165) is 0 Å². The molecule has 2 aliphatic rings. The predicted octanol–water partition coefficient (Wildman–Crippen LogP) is 6.59. The predicted molar refractivity (Wildman–Crippen MR) is 217 cm³/mol. The Morgan fingerprint density at radius 2 is 1.62 bits per heavy atom. The fourth-order valence-corrected chi connectivity index (χ4v) is 7.95. The maximum Gasteiger partial charge on any atom is 0.312 e. The second kappa shape index (κ2) is 16.3. The molecule has 4 aromatic rings. The number of nitrogens with zero attached hydrogens (tertiary/aromatic N) is 1. The number of esters is 1. The fourth-order valence-electron chi connectivity index (χ4n) is 7.95. The average molecular weight is 798 g/mol. The minimum Gasteiger partial charge on any atom is -0.507 e. The summed E-state index contributed by atoms with van der Waals surface area (Å²) in [7, 11) is 1.46. The van der Waals surface area contributed by atoms with Gasteiger partial charge in [0.2, 0.25) is 0 Å². The average Bonchev–Trinajstić information content (AvgIpc) is 3.76. The number of imidazole rings is 1. The van der Waals surface area contributed by atoms with E-state index in [1.807, 2.05) is 30.3 Å². The van der Waals surface area contributed by atoms with Crippen LogP contribution in [0.15, 0.2) is 66.5 Å². The number of aromatic hydroxyl groups is 2. The van der Waals surface area contributed by atoms with Crippen LogP contribution in [0.25, 0.3) is 33.2 Å². The van der Waals surface area contributed by atoms with Crippen LogP contribution in [0.2, 0.25) is 0 Å². The lowest BCUT2D eigenvalue weighted by Crippen LogP contribution is -2.46. The van der Waals surface area contributed by atoms with Crippen LogP contribution in [0, 0.1) is 30.6 Å². The van der Waals surface area contributed by atoms with Crippen LogP contribution in [0.1, 0.15) is 64.4 Å². The highest BCUT2D eigenvalue weighted by Crippen LogP contribution is 2.54. The van der Waals surface area contributed by atoms with Gasteiger partial charge in [-0.3, -0.25) is 14.4 Å². The molecule has 1 aromatic heterocycles. The van der Waals surface area contributed by atoms with Crippen molar-refractivity contribution >= 4 is 45.2 Å². The molecule has 308 valence electrons. The minimum absolute atomic E-state index is 0.000907. The Kier molecular flexibility index (Phi) is 11.8. The molecule has 58 heavy (non-hydrogen) atoms. The molecule has 2 aliphatic heterocycles. The number of hydrogen-bond acceptors (Lipinski definition) is 12. The zero-order chi connectivity index (χ0) is 42.4. The van der Waals surface area contributed by atoms with Crippen molar-refractivity contribution in [3.05, 3.63) is 77.6 Å². The van der Waals surface area contributed by atoms with Gasteiger partial charge in [-0.1, -0.05) is 76.3 Å². The Morgan fingerprint density at radius 3 is 2.28 bits per heavy atom. The molecule has 3 heterocycles. The second-order valence-corrected chi connectivity index (χ2v) is 15.5. The Hall–Kier alpha value is -5.70. The van der Waals surface area contributed by atoms with Gasteiger partial charge in [0.05, 0.1) is 41.0 Å². The number of aromatic amines is 1. The summed E-state index contributed by atoms with van der Waals surface area (Å²) in [5, 5.41) is 49.2. The number of hydrogen-bond donors (Lipinski definition) is 6. The third-order valence-corrected chi connectivity index (χ3v) is 11.5. The van der Waals surface area contributed by atoms with Gasteiger partial charge in [0.15, 0.2) is 5.75 Å². The minimum atomic E-state index is -1.97. The quantitative estimate of drug-likeness (QED) is 0.0958. The highest BCUT2D eigenvalue weighted by Gasteiger charge is 2.49. The molecule has 9 unspecified atom stereocenters. The maximum absolute atomic E-state index is 14.6. The first-order chi connectivity index (χ1) is 27.4. The summed E-state index contributed by atoms with van der Waals surface area (Å²) in [5.74, 6) is -6.70. The Bertz CT molecular complexity index is 2350. The number of carbonyl (C=O) groups excluding carboxylic acids is 3. The molecule has 0 fully saturated rings. The number of phenols is 2. The van der Waals surface area contributed by atoms with Crippen molar-refractivity contribution in [1.82, 2.24) is 9.97 Å². The second-order valence-electron chi connectivity index (χ2n) is 15.5. The SMILES string of the molecule is COC1/C=C/OC2(C)Oc3c(C)c(O)c4c(O)c(c5[nH]c(-c6ccccc6)nc5c4c3C2=O)NC(=O)/C(C)=C\C=C\C(C)C(O)C(C)C(O)C(C)C(OC(C)=O)C1C. The lowest BCUT2D eigenvalue weighted by molar-refractivity contribution is -0.160. The van der Waals surface area contributed by atoms with E-state index >= 15 is 0 Å². The first-order valence-corrected chi connectivity index (χ1v) is 19.2. The van der Waals surface area contributed by atoms with Crippen molar-refractivity contribution in [1.29, 1.82) is 0 Å². The number of aliphatic hydroxyl groups is 2. The van der Waals surface area contributed by atoms with Gasteiger partial charge in [-0.15, -0.1) is 0 Å². The van der Waals surface area contributed by atoms with Crippen molar-refractivity contribution in [2.45, 2.75) is 85.6 Å². The van der Waals surface area contributed by atoms with Crippen LogP contribution >= 0.6 is 0 Å². The van der Waals surface area contributed by atoms with Crippen LogP contribution in [0.5, 0.6) is 17.2 Å². The molecule has 1 amide bonds. The summed E-state index contributed by atoms with van der Waals surface area (Å²) in [5.41, 5.74) is 1.31. The molecule has 6 rings (SSSR count). The number of rotatable bonds is 3. The van der Waals surface area contributed by atoms with Crippen LogP contribution in [-0.2, 0) is 23.8 Å². The Labute approximate surface area is 336 Å². The molecular weight excluding hydrogens is 746 g/mol. The monoisotopic (exact) mass is 797 g/mol. The molecular formula is C44H51N3O11. The normalized spacial score (nSPS) is 30.4. The number of fused-ring (bicyclic) bond motifs is 1. The van der Waals surface area contributed by atoms with Gasteiger partial charge < -0.3 is 49.7 Å². The summed E-state index contributed by atoms with van der Waals surface area (Å²) in [6, 6.07) is 9.12. The number of ether oxygens (including phenoxy) is 4. The van der Waals surface area contributed by atoms with Crippen LogP contribution < -0.4 is 10.1 Å². The number of carbonyl (C=O) groups is 3. The number of nitrogens with one attached hydrogen (secondary N) is 2. The number of H-pyrrole nitrogens is 1. The highest BCUT2D eigenvalue weighted by molar-refractivity contribution is 6.28. The summed E-state index contributed by atoms with van der Waals surface area (Å²) < 4.78 is 23.8. The number of allylic oxidation sites excluding steroid dienone is 2. The summed E-state index contributed by atoms with van der Waals surface area (Å²) in [6.45, 7) is 12.8. The molecule has 9 atom stereocenters. The van der Waals surface area contributed by atoms with Gasteiger partial charge in [0.25, 0.3) is 11.7 Å². The van der Waals surface area contributed by atoms with Crippen molar-refractivity contribution in [2.24, 2.45) is 23.7 Å². The number of anilines is 1. The van der Waals surface area contributed by atoms with Crippen molar-refractivity contribution in [2.75, 3.05) is 12.4 Å². The van der Waals surface area contributed by atoms with Gasteiger partial charge in [-0.25, -0.2) is 4.98 Å². The molecule has 0 aliphatic carbocycles. The Morgan fingerprint density at radius 1 is 0.931 bits per heavy atom. The highest BCUT2D eigenvalue weighted by atomic mass is 16.7. The van der Waals surface area contributed by atoms with E-state index in [4.69, 9.17) is 23.9 Å². The molecule has 14 nitrogen and oxygen atoms in total. The van der Waals surface area contributed by atoms with Crippen LogP contribution in [-0.4, -0.2) is 85.4 Å². The number of benzene rings is 3. The van der Waals surface area contributed by atoms with E-state index in [9.17, 15) is 34.8 Å². The largest absolute Gasteiger partial charge is 0.507 e. The van der Waals surface area contributed by atoms with Crippen LogP contribution in [0.3, 0.4) is 0 Å². The number of amides is 1. The van der Waals surface area contributed by atoms with Crippen LogP contribution in [0.4, 0.5) is 5.69 Å². The molecule has 0 spiro atoms. The summed E-state index contributed by atoms with van der Waals surface area (Å²) in [6.07, 6.45) is 3.84. The zero-order valence-corrected chi connectivity index (χ0v) is 34.0. The van der Waals surface area contributed by atoms with Crippen molar-refractivity contribution in [3.63, 3.8) is 0 Å². The number of phenolic OH excluding ortho intramolecular Hbond substituents is 2. The van der Waals surface area contributed by atoms with E-state index in [1.165, 1.54) is 40.2 Å². The molecule has 0 radical (unpaired) electrons. The lowest BCUT2D eigenvalue weighted by Gasteiger charge is -2.38. The van der Waals surface area contributed by atoms with Gasteiger partial charge in [-0.05, 0) is 19.9 Å². The first-order valence-electron chi connectivity index (χ1n) is 19.2. The molecule has 6 N–H and O–H groups in total. The van der Waals surface area contributed by atoms with Gasteiger partial charge >= 0.3 is 11.8 Å². The Balaban J connectivity index is 1.56. The van der Waals surface area contributed by atoms with Crippen molar-refractivity contribution < 1.29 is 53.8 Å². The standard InChI is InChI=1S/C44H51N3O11/c1-20-14-13-15-21(2)43(54)47-34-33-32(45-42(46-33)27-16-11-10-12-17-27)29-30(38(34)52)37(51)25(6)40-31(29)41(53)44(8,58-40)56-19-18-28(55-9)22(3)39(57-26(7)48)24(5)36(50)23(4)35(20)49/h10-20,22-24,28,35-36,39,49-52H,1-9H3,(H,45,46)(H,47,54)/b14-13+,19-18+,21-15-. The van der Waals surface area contributed by atoms with Gasteiger partial charge in [0, 0.05) is 66.7 Å². The van der Waals surface area contributed by atoms with E-state index in [0.29, 0.717) is 11.4 Å². The zero-order valence-electron chi connectivity index (χ0n) is 34.0. The molecule has 4 bridgehead atoms. The smallest absolute Gasteiger partial charge is 0.312 e. The fraction of sp³-hybridized carbons (Fsp3) is 0.409.